The van der Waals surface area contributed by atoms with Crippen molar-refractivity contribution in [2.75, 3.05) is 18.4 Å². The van der Waals surface area contributed by atoms with Gasteiger partial charge in [-0.1, -0.05) is 12.1 Å². The molecule has 8 heteroatoms. The molecule has 7 nitrogen and oxygen atoms in total. The van der Waals surface area contributed by atoms with Crippen LogP contribution in [0.15, 0.2) is 41.3 Å². The van der Waals surface area contributed by atoms with Crippen molar-refractivity contribution in [3.8, 4) is 0 Å². The van der Waals surface area contributed by atoms with Crippen molar-refractivity contribution >= 4 is 21.4 Å². The van der Waals surface area contributed by atoms with Gasteiger partial charge >= 0.3 is 0 Å². The Morgan fingerprint density at radius 3 is 2.36 bits per heavy atom. The van der Waals surface area contributed by atoms with Crippen LogP contribution >= 0.6 is 0 Å². The minimum atomic E-state index is -3.57. The maximum absolute atomic E-state index is 12.4. The summed E-state index contributed by atoms with van der Waals surface area (Å²) < 4.78 is 27.3. The topological polar surface area (TPSA) is 101 Å². The molecule has 0 aliphatic heterocycles. The number of nitrogens with zero attached hydrogens (tertiary/aromatic N) is 1. The van der Waals surface area contributed by atoms with Crippen LogP contribution in [0.5, 0.6) is 0 Å². The molecule has 2 aromatic rings. The fourth-order valence-corrected chi connectivity index (χ4v) is 3.80. The molecule has 0 spiro atoms. The first-order valence-corrected chi connectivity index (χ1v) is 9.25. The lowest BCUT2D eigenvalue weighted by atomic mass is 10.2. The van der Waals surface area contributed by atoms with E-state index in [4.69, 9.17) is 0 Å². The number of benzene rings is 2. The molecule has 2 aromatic carbocycles. The van der Waals surface area contributed by atoms with E-state index in [0.717, 1.165) is 5.56 Å². The predicted octanol–water partition coefficient (Wildman–Crippen LogP) is 2.91. The number of hydrogen-bond acceptors (Lipinski definition) is 5. The Labute approximate surface area is 147 Å². The number of sulfonamides is 1. The molecular formula is C17H21N3O4S. The standard InChI is InChI=1S/C17H21N3O4S/c1-12-4-5-13(2)17(10-12)25(23,24)19-9-8-18-15-6-7-16(20(21)22)14(3)11-15/h4-7,10-11,18-19H,8-9H2,1-3H3. The van der Waals surface area contributed by atoms with Gasteiger partial charge in [0.15, 0.2) is 0 Å². The smallest absolute Gasteiger partial charge is 0.272 e. The summed E-state index contributed by atoms with van der Waals surface area (Å²) in [5.41, 5.74) is 2.88. The summed E-state index contributed by atoms with van der Waals surface area (Å²) in [5.74, 6) is 0. The van der Waals surface area contributed by atoms with Crippen molar-refractivity contribution < 1.29 is 13.3 Å². The molecule has 0 radical (unpaired) electrons. The number of nitro groups is 1. The first-order chi connectivity index (χ1) is 11.7. The van der Waals surface area contributed by atoms with E-state index in [-0.39, 0.29) is 17.1 Å². The van der Waals surface area contributed by atoms with Crippen LogP contribution in [-0.4, -0.2) is 26.4 Å². The predicted molar refractivity (Wildman–Crippen MR) is 97.4 cm³/mol. The molecule has 0 aliphatic carbocycles. The van der Waals surface area contributed by atoms with Crippen LogP contribution in [0.1, 0.15) is 16.7 Å². The van der Waals surface area contributed by atoms with Gasteiger partial charge in [-0.05, 0) is 50.1 Å². The van der Waals surface area contributed by atoms with Gasteiger partial charge in [0.2, 0.25) is 10.0 Å². The maximum Gasteiger partial charge on any atom is 0.272 e. The van der Waals surface area contributed by atoms with E-state index < -0.39 is 14.9 Å². The molecule has 0 aromatic heterocycles. The molecule has 25 heavy (non-hydrogen) atoms. The molecular weight excluding hydrogens is 342 g/mol. The molecule has 0 heterocycles. The van der Waals surface area contributed by atoms with Crippen LogP contribution in [0.2, 0.25) is 0 Å². The van der Waals surface area contributed by atoms with Crippen molar-refractivity contribution in [2.24, 2.45) is 0 Å². The fourth-order valence-electron chi connectivity index (χ4n) is 2.44. The third kappa shape index (κ3) is 4.77. The van der Waals surface area contributed by atoms with Gasteiger partial charge in [-0.25, -0.2) is 13.1 Å². The molecule has 2 N–H and O–H groups in total. The number of hydrogen-bond donors (Lipinski definition) is 2. The normalized spacial score (nSPS) is 11.3. The lowest BCUT2D eigenvalue weighted by Crippen LogP contribution is -2.29. The molecule has 0 saturated heterocycles. The summed E-state index contributed by atoms with van der Waals surface area (Å²) in [7, 11) is -3.57. The van der Waals surface area contributed by atoms with E-state index >= 15 is 0 Å². The summed E-state index contributed by atoms with van der Waals surface area (Å²) in [6.45, 7) is 5.82. The number of nitro benzene ring substituents is 1. The Balaban J connectivity index is 1.95. The first-order valence-electron chi connectivity index (χ1n) is 7.76. The highest BCUT2D eigenvalue weighted by molar-refractivity contribution is 7.89. The lowest BCUT2D eigenvalue weighted by molar-refractivity contribution is -0.385. The van der Waals surface area contributed by atoms with Gasteiger partial charge in [-0.3, -0.25) is 10.1 Å². The zero-order valence-corrected chi connectivity index (χ0v) is 15.2. The van der Waals surface area contributed by atoms with Gasteiger partial charge in [-0.15, -0.1) is 0 Å². The summed E-state index contributed by atoms with van der Waals surface area (Å²) in [6.07, 6.45) is 0. The summed E-state index contributed by atoms with van der Waals surface area (Å²) in [4.78, 5) is 10.6. The van der Waals surface area contributed by atoms with Gasteiger partial charge in [0.25, 0.3) is 5.69 Å². The molecule has 0 atom stereocenters. The van der Waals surface area contributed by atoms with Crippen LogP contribution in [-0.2, 0) is 10.0 Å². The van der Waals surface area contributed by atoms with E-state index in [9.17, 15) is 18.5 Å². The minimum absolute atomic E-state index is 0.0566. The van der Waals surface area contributed by atoms with E-state index in [1.54, 1.807) is 38.1 Å². The van der Waals surface area contributed by atoms with Gasteiger partial charge in [0.1, 0.15) is 0 Å². The molecule has 2 rings (SSSR count). The highest BCUT2D eigenvalue weighted by Crippen LogP contribution is 2.21. The zero-order valence-electron chi connectivity index (χ0n) is 14.4. The molecule has 0 amide bonds. The number of nitrogens with one attached hydrogen (secondary N) is 2. The Morgan fingerprint density at radius 1 is 1.00 bits per heavy atom. The minimum Gasteiger partial charge on any atom is -0.384 e. The Hall–Kier alpha value is -2.45. The van der Waals surface area contributed by atoms with Gasteiger partial charge in [-0.2, -0.15) is 0 Å². The van der Waals surface area contributed by atoms with Crippen LogP contribution < -0.4 is 10.0 Å². The van der Waals surface area contributed by atoms with Crippen molar-refractivity contribution in [3.63, 3.8) is 0 Å². The summed E-state index contributed by atoms with van der Waals surface area (Å²) in [5, 5.41) is 13.9. The van der Waals surface area contributed by atoms with Gasteiger partial charge < -0.3 is 5.32 Å². The fraction of sp³-hybridized carbons (Fsp3) is 0.294. The summed E-state index contributed by atoms with van der Waals surface area (Å²) in [6, 6.07) is 9.99. The van der Waals surface area contributed by atoms with Gasteiger partial charge in [0.05, 0.1) is 9.82 Å². The van der Waals surface area contributed by atoms with Crippen LogP contribution in [0, 0.1) is 30.9 Å². The zero-order chi connectivity index (χ0) is 18.6. The number of aryl methyl sites for hydroxylation is 3. The molecule has 134 valence electrons. The van der Waals surface area contributed by atoms with Gasteiger partial charge in [0, 0.05) is 30.4 Å². The second-order valence-corrected chi connectivity index (χ2v) is 7.59. The molecule has 0 fully saturated rings. The van der Waals surface area contributed by atoms with Crippen LogP contribution in [0.25, 0.3) is 0 Å². The molecule has 0 aliphatic rings. The van der Waals surface area contributed by atoms with Crippen molar-refractivity contribution in [1.29, 1.82) is 0 Å². The number of anilines is 1. The maximum atomic E-state index is 12.4. The van der Waals surface area contributed by atoms with Crippen LogP contribution in [0.3, 0.4) is 0 Å². The van der Waals surface area contributed by atoms with Crippen molar-refractivity contribution in [1.82, 2.24) is 4.72 Å². The second-order valence-electron chi connectivity index (χ2n) is 5.85. The highest BCUT2D eigenvalue weighted by atomic mass is 32.2. The quantitative estimate of drug-likeness (QED) is 0.447. The Kier molecular flexibility index (Phi) is 5.76. The van der Waals surface area contributed by atoms with Crippen LogP contribution in [0.4, 0.5) is 11.4 Å². The van der Waals surface area contributed by atoms with E-state index in [1.165, 1.54) is 6.07 Å². The second kappa shape index (κ2) is 7.62. The average molecular weight is 363 g/mol. The number of rotatable bonds is 7. The summed E-state index contributed by atoms with van der Waals surface area (Å²) >= 11 is 0. The molecule has 0 unspecified atom stereocenters. The largest absolute Gasteiger partial charge is 0.384 e. The third-order valence-corrected chi connectivity index (χ3v) is 5.38. The molecule has 0 bridgehead atoms. The van der Waals surface area contributed by atoms with Crippen molar-refractivity contribution in [3.05, 3.63) is 63.2 Å². The van der Waals surface area contributed by atoms with E-state index in [1.807, 2.05) is 13.0 Å². The third-order valence-electron chi connectivity index (χ3n) is 3.77. The monoisotopic (exact) mass is 363 g/mol. The molecule has 0 saturated carbocycles. The lowest BCUT2D eigenvalue weighted by Gasteiger charge is -2.11. The SMILES string of the molecule is Cc1ccc(C)c(S(=O)(=O)NCCNc2ccc([N+](=O)[O-])c(C)c2)c1. The van der Waals surface area contributed by atoms with E-state index in [2.05, 4.69) is 10.0 Å². The first kappa shape index (κ1) is 18.9. The Bertz CT molecular complexity index is 895. The average Bonchev–Trinajstić information content (AvgIpc) is 2.53. The Morgan fingerprint density at radius 2 is 1.72 bits per heavy atom. The van der Waals surface area contributed by atoms with Crippen molar-refractivity contribution in [2.45, 2.75) is 25.7 Å². The van der Waals surface area contributed by atoms with E-state index in [0.29, 0.717) is 23.4 Å². The highest BCUT2D eigenvalue weighted by Gasteiger charge is 2.16.